The fraction of sp³-hybridized carbons (Fsp3) is 0.519. The predicted molar refractivity (Wildman–Crippen MR) is 136 cm³/mol. The van der Waals surface area contributed by atoms with Crippen molar-refractivity contribution in [1.82, 2.24) is 4.90 Å². The molecule has 5 nitrogen and oxygen atoms in total. The van der Waals surface area contributed by atoms with Crippen LogP contribution in [-0.2, 0) is 14.0 Å². The van der Waals surface area contributed by atoms with E-state index in [4.69, 9.17) is 14.3 Å². The number of hydrogen-bond donors (Lipinski definition) is 1. The van der Waals surface area contributed by atoms with Crippen LogP contribution >= 0.6 is 0 Å². The lowest BCUT2D eigenvalue weighted by Gasteiger charge is -2.44. The molecular formula is C27H39NO4Si. The molecule has 6 heteroatoms. The van der Waals surface area contributed by atoms with Crippen LogP contribution in [0.4, 0.5) is 0 Å². The van der Waals surface area contributed by atoms with Crippen LogP contribution in [0.2, 0.25) is 5.04 Å². The van der Waals surface area contributed by atoms with E-state index in [-0.39, 0.29) is 18.1 Å². The Bertz CT molecular complexity index is 814. The van der Waals surface area contributed by atoms with Crippen molar-refractivity contribution in [2.45, 2.75) is 57.5 Å². The third-order valence-electron chi connectivity index (χ3n) is 6.60. The maximum atomic E-state index is 10.6. The van der Waals surface area contributed by atoms with Crippen LogP contribution in [0.1, 0.15) is 46.5 Å². The summed E-state index contributed by atoms with van der Waals surface area (Å²) in [5.74, 6) is -0.810. The first-order valence-electron chi connectivity index (χ1n) is 12.1. The maximum Gasteiger partial charge on any atom is 0.305 e. The van der Waals surface area contributed by atoms with Gasteiger partial charge in [0.2, 0.25) is 0 Å². The fourth-order valence-electron chi connectivity index (χ4n) is 4.99. The van der Waals surface area contributed by atoms with Gasteiger partial charge in [0.1, 0.15) is 0 Å². The zero-order chi connectivity index (χ0) is 23.7. The molecule has 180 valence electrons. The zero-order valence-electron chi connectivity index (χ0n) is 20.3. The summed E-state index contributed by atoms with van der Waals surface area (Å²) in [6, 6.07) is 22.0. The van der Waals surface area contributed by atoms with Crippen molar-refractivity contribution < 1.29 is 19.1 Å². The van der Waals surface area contributed by atoms with Gasteiger partial charge in [0.15, 0.2) is 0 Å². The Morgan fingerprint density at radius 1 is 1.03 bits per heavy atom. The van der Waals surface area contributed by atoms with Crippen LogP contribution in [0, 0.1) is 0 Å². The molecule has 2 aromatic rings. The van der Waals surface area contributed by atoms with E-state index in [1.165, 1.54) is 16.8 Å². The number of ether oxygens (including phenoxy) is 1. The number of nitrogens with zero attached hydrogens (tertiary/aromatic N) is 1. The molecule has 1 aliphatic heterocycles. The highest BCUT2D eigenvalue weighted by Crippen LogP contribution is 2.37. The average Bonchev–Trinajstić information content (AvgIpc) is 3.24. The minimum atomic E-state index is -2.51. The second-order valence-corrected chi connectivity index (χ2v) is 14.2. The lowest BCUT2D eigenvalue weighted by Crippen LogP contribution is -2.67. The van der Waals surface area contributed by atoms with Gasteiger partial charge in [0.25, 0.3) is 8.32 Å². The van der Waals surface area contributed by atoms with Crippen LogP contribution in [-0.4, -0.2) is 63.2 Å². The van der Waals surface area contributed by atoms with Crippen molar-refractivity contribution in [3.8, 4) is 0 Å². The molecule has 1 N–H and O–H groups in total. The summed E-state index contributed by atoms with van der Waals surface area (Å²) >= 11 is 0. The largest absolute Gasteiger partial charge is 0.481 e. The number of likely N-dealkylation sites (tertiary alicyclic amines) is 1. The van der Waals surface area contributed by atoms with Gasteiger partial charge >= 0.3 is 5.97 Å². The molecule has 1 fully saturated rings. The van der Waals surface area contributed by atoms with Crippen molar-refractivity contribution >= 4 is 24.7 Å². The monoisotopic (exact) mass is 469 g/mol. The number of carboxylic acids is 1. The van der Waals surface area contributed by atoms with Gasteiger partial charge in [-0.15, -0.1) is 0 Å². The van der Waals surface area contributed by atoms with Crippen LogP contribution in [0.15, 0.2) is 60.7 Å². The third-order valence-corrected chi connectivity index (χ3v) is 11.6. The molecular weight excluding hydrogens is 430 g/mol. The Labute approximate surface area is 199 Å². The summed E-state index contributed by atoms with van der Waals surface area (Å²) in [5, 5.41) is 11.3. The topological polar surface area (TPSA) is 59.0 Å². The normalized spacial score (nSPS) is 17.4. The van der Waals surface area contributed by atoms with Gasteiger partial charge < -0.3 is 14.3 Å². The van der Waals surface area contributed by atoms with Gasteiger partial charge in [-0.25, -0.2) is 0 Å². The van der Waals surface area contributed by atoms with E-state index >= 15 is 0 Å². The van der Waals surface area contributed by atoms with Gasteiger partial charge in [0, 0.05) is 19.2 Å². The highest BCUT2D eigenvalue weighted by molar-refractivity contribution is 6.99. The number of hydrogen-bond acceptors (Lipinski definition) is 4. The lowest BCUT2D eigenvalue weighted by molar-refractivity contribution is -0.138. The Hall–Kier alpha value is -1.99. The fourth-order valence-corrected chi connectivity index (χ4v) is 9.59. The van der Waals surface area contributed by atoms with E-state index in [0.717, 1.165) is 32.5 Å². The standard InChI is InChI=1S/C27H39NO4Si/c1-27(2,3)33(24-13-6-4-7-14-24,25-15-8-5-9-16-25)32-22-23-12-10-18-28(23)19-11-20-31-21-17-26(29)30/h4-9,13-16,23H,10-12,17-22H2,1-3H3,(H,29,30)/t23-/m0/s1. The molecule has 0 saturated carbocycles. The molecule has 0 radical (unpaired) electrons. The molecule has 3 rings (SSSR count). The first kappa shape index (κ1) is 25.6. The average molecular weight is 470 g/mol. The van der Waals surface area contributed by atoms with E-state index in [2.05, 4.69) is 86.3 Å². The number of carbonyl (C=O) groups is 1. The predicted octanol–water partition coefficient (Wildman–Crippen LogP) is 3.91. The van der Waals surface area contributed by atoms with Crippen LogP contribution in [0.3, 0.4) is 0 Å². The molecule has 0 spiro atoms. The quantitative estimate of drug-likeness (QED) is 0.377. The summed E-state index contributed by atoms with van der Waals surface area (Å²) in [5.41, 5.74) is 0. The molecule has 0 bridgehead atoms. The van der Waals surface area contributed by atoms with E-state index in [0.29, 0.717) is 12.6 Å². The second-order valence-electron chi connectivity index (χ2n) is 9.92. The van der Waals surface area contributed by atoms with E-state index in [1.54, 1.807) is 0 Å². The number of benzene rings is 2. The summed E-state index contributed by atoms with van der Waals surface area (Å²) < 4.78 is 12.6. The van der Waals surface area contributed by atoms with Crippen LogP contribution in [0.25, 0.3) is 0 Å². The van der Waals surface area contributed by atoms with Crippen molar-refractivity contribution in [2.24, 2.45) is 0 Å². The summed E-state index contributed by atoms with van der Waals surface area (Å²) in [4.78, 5) is 13.1. The zero-order valence-corrected chi connectivity index (χ0v) is 21.3. The highest BCUT2D eigenvalue weighted by atomic mass is 28.4. The molecule has 1 saturated heterocycles. The Morgan fingerprint density at radius 2 is 1.64 bits per heavy atom. The van der Waals surface area contributed by atoms with Gasteiger partial charge in [0.05, 0.1) is 19.6 Å². The second kappa shape index (κ2) is 11.9. The van der Waals surface area contributed by atoms with Gasteiger partial charge in [-0.1, -0.05) is 81.4 Å². The third kappa shape index (κ3) is 6.54. The maximum absolute atomic E-state index is 10.6. The molecule has 2 aromatic carbocycles. The summed E-state index contributed by atoms with van der Waals surface area (Å²) in [6.07, 6.45) is 3.32. The molecule has 0 amide bonds. The van der Waals surface area contributed by atoms with Crippen LogP contribution < -0.4 is 10.4 Å². The van der Waals surface area contributed by atoms with Crippen molar-refractivity contribution in [2.75, 3.05) is 32.9 Å². The SMILES string of the molecule is CC(C)(C)[Si](OC[C@@H]1CCCN1CCCOCCC(=O)O)(c1ccccc1)c1ccccc1. The summed E-state index contributed by atoms with van der Waals surface area (Å²) in [7, 11) is -2.51. The van der Waals surface area contributed by atoms with E-state index < -0.39 is 14.3 Å². The molecule has 1 heterocycles. The van der Waals surface area contributed by atoms with E-state index in [1.807, 2.05) is 0 Å². The Kier molecular flexibility index (Phi) is 9.26. The summed E-state index contributed by atoms with van der Waals surface area (Å²) in [6.45, 7) is 10.6. The highest BCUT2D eigenvalue weighted by Gasteiger charge is 2.50. The van der Waals surface area contributed by atoms with Gasteiger partial charge in [-0.2, -0.15) is 0 Å². The first-order valence-corrected chi connectivity index (χ1v) is 14.0. The number of carboxylic acid groups (broad SMARTS) is 1. The smallest absolute Gasteiger partial charge is 0.305 e. The van der Waals surface area contributed by atoms with Crippen LogP contribution in [0.5, 0.6) is 0 Å². The van der Waals surface area contributed by atoms with Gasteiger partial charge in [-0.05, 0) is 41.2 Å². The molecule has 0 aliphatic carbocycles. The number of rotatable bonds is 12. The number of aliphatic carboxylic acids is 1. The van der Waals surface area contributed by atoms with Crippen molar-refractivity contribution in [3.05, 3.63) is 60.7 Å². The Balaban J connectivity index is 1.71. The minimum absolute atomic E-state index is 0.0167. The first-order chi connectivity index (χ1) is 15.8. The van der Waals surface area contributed by atoms with Crippen molar-refractivity contribution in [1.29, 1.82) is 0 Å². The van der Waals surface area contributed by atoms with Crippen molar-refractivity contribution in [3.63, 3.8) is 0 Å². The molecule has 33 heavy (non-hydrogen) atoms. The lowest BCUT2D eigenvalue weighted by atomic mass is 10.2. The molecule has 1 atom stereocenters. The minimum Gasteiger partial charge on any atom is -0.481 e. The molecule has 0 aromatic heterocycles. The molecule has 0 unspecified atom stereocenters. The van der Waals surface area contributed by atoms with Gasteiger partial charge in [-0.3, -0.25) is 9.69 Å². The Morgan fingerprint density at radius 3 is 2.18 bits per heavy atom. The van der Waals surface area contributed by atoms with E-state index in [9.17, 15) is 4.79 Å². The molecule has 1 aliphatic rings.